The van der Waals surface area contributed by atoms with Crippen LogP contribution in [0.2, 0.25) is 0 Å². The molecule has 2 aliphatic rings. The molecule has 3 atom stereocenters. The van der Waals surface area contributed by atoms with Gasteiger partial charge in [-0.15, -0.1) is 0 Å². The molecule has 1 aromatic heterocycles. The number of hydrogen-bond acceptors (Lipinski definition) is 4. The Morgan fingerprint density at radius 2 is 2.00 bits per heavy atom. The van der Waals surface area contributed by atoms with Crippen molar-refractivity contribution < 1.29 is 23.8 Å². The van der Waals surface area contributed by atoms with Gasteiger partial charge in [0.2, 0.25) is 0 Å². The van der Waals surface area contributed by atoms with Crippen LogP contribution in [0, 0.1) is 5.92 Å². The summed E-state index contributed by atoms with van der Waals surface area (Å²) in [6, 6.07) is 1.54. The second kappa shape index (κ2) is 6.39. The molecule has 5 nitrogen and oxygen atoms in total. The van der Waals surface area contributed by atoms with Crippen LogP contribution in [0.15, 0.2) is 46.4 Å². The van der Waals surface area contributed by atoms with E-state index in [2.05, 4.69) is 13.2 Å². The highest BCUT2D eigenvalue weighted by Gasteiger charge is 2.37. The van der Waals surface area contributed by atoms with E-state index in [0.717, 1.165) is 11.1 Å². The van der Waals surface area contributed by atoms with Gasteiger partial charge in [-0.05, 0) is 44.7 Å². The number of carboxylic acid groups (broad SMARTS) is 1. The molecule has 3 rings (SSSR count). The summed E-state index contributed by atoms with van der Waals surface area (Å²) in [6.45, 7) is 11.7. The van der Waals surface area contributed by atoms with E-state index in [9.17, 15) is 14.7 Å². The number of carbonyl (C=O) groups is 2. The van der Waals surface area contributed by atoms with Gasteiger partial charge in [0.25, 0.3) is 0 Å². The Kier molecular flexibility index (Phi) is 4.41. The SMILES string of the molecule is C=C(C)[C@H]1CCC2=C[C@@H](OC2=O)[C@@H](C(=C)C)c2cc(C(=O)O)c(o2)C1. The smallest absolute Gasteiger partial charge is 0.339 e. The Morgan fingerprint density at radius 1 is 1.28 bits per heavy atom. The van der Waals surface area contributed by atoms with Gasteiger partial charge in [-0.3, -0.25) is 0 Å². The van der Waals surface area contributed by atoms with E-state index in [0.29, 0.717) is 36.4 Å². The summed E-state index contributed by atoms with van der Waals surface area (Å²) in [5.74, 6) is -0.792. The van der Waals surface area contributed by atoms with Crippen molar-refractivity contribution in [1.29, 1.82) is 0 Å². The minimum atomic E-state index is -1.03. The molecule has 0 saturated carbocycles. The summed E-state index contributed by atoms with van der Waals surface area (Å²) in [6.07, 6.45) is 3.03. The van der Waals surface area contributed by atoms with E-state index in [1.165, 1.54) is 6.07 Å². The van der Waals surface area contributed by atoms with E-state index in [1.807, 2.05) is 19.9 Å². The van der Waals surface area contributed by atoms with Gasteiger partial charge in [-0.25, -0.2) is 9.59 Å². The van der Waals surface area contributed by atoms with Gasteiger partial charge in [0, 0.05) is 12.0 Å². The first-order valence-electron chi connectivity index (χ1n) is 8.36. The first-order valence-corrected chi connectivity index (χ1v) is 8.36. The molecule has 2 aliphatic heterocycles. The third-order valence-electron chi connectivity index (χ3n) is 4.99. The molecule has 0 unspecified atom stereocenters. The van der Waals surface area contributed by atoms with Crippen molar-refractivity contribution >= 4 is 11.9 Å². The van der Waals surface area contributed by atoms with Crippen molar-refractivity contribution in [1.82, 2.24) is 0 Å². The lowest BCUT2D eigenvalue weighted by molar-refractivity contribution is -0.140. The van der Waals surface area contributed by atoms with Crippen molar-refractivity contribution in [2.75, 3.05) is 0 Å². The molecule has 4 bridgehead atoms. The van der Waals surface area contributed by atoms with Crippen molar-refractivity contribution in [3.05, 3.63) is 59.1 Å². The molecule has 0 radical (unpaired) electrons. The Hall–Kier alpha value is -2.56. The Labute approximate surface area is 146 Å². The molecule has 0 aliphatic carbocycles. The molecule has 0 saturated heterocycles. The van der Waals surface area contributed by atoms with E-state index in [4.69, 9.17) is 9.15 Å². The molecule has 0 fully saturated rings. The highest BCUT2D eigenvalue weighted by atomic mass is 16.5. The minimum absolute atomic E-state index is 0.0335. The van der Waals surface area contributed by atoms with E-state index < -0.39 is 18.0 Å². The third-order valence-corrected chi connectivity index (χ3v) is 4.99. The Morgan fingerprint density at radius 3 is 2.60 bits per heavy atom. The summed E-state index contributed by atoms with van der Waals surface area (Å²) >= 11 is 0. The van der Waals surface area contributed by atoms with Crippen LogP contribution in [0.1, 0.15) is 54.5 Å². The van der Waals surface area contributed by atoms with Crippen LogP contribution in [-0.2, 0) is 16.0 Å². The van der Waals surface area contributed by atoms with E-state index in [-0.39, 0.29) is 17.5 Å². The molecular weight excluding hydrogens is 320 g/mol. The first kappa shape index (κ1) is 17.3. The van der Waals surface area contributed by atoms with Crippen LogP contribution in [0.5, 0.6) is 0 Å². The number of aromatic carboxylic acids is 1. The largest absolute Gasteiger partial charge is 0.478 e. The average molecular weight is 342 g/mol. The number of hydrogen-bond donors (Lipinski definition) is 1. The highest BCUT2D eigenvalue weighted by Crippen LogP contribution is 2.39. The molecule has 1 aromatic rings. The monoisotopic (exact) mass is 342 g/mol. The summed E-state index contributed by atoms with van der Waals surface area (Å²) in [5.41, 5.74) is 2.51. The van der Waals surface area contributed by atoms with Crippen LogP contribution in [0.4, 0.5) is 0 Å². The lowest BCUT2D eigenvalue weighted by Crippen LogP contribution is -2.19. The predicted molar refractivity (Wildman–Crippen MR) is 92.4 cm³/mol. The third kappa shape index (κ3) is 3.18. The van der Waals surface area contributed by atoms with Crippen LogP contribution in [0.25, 0.3) is 0 Å². The topological polar surface area (TPSA) is 76.7 Å². The fourth-order valence-corrected chi connectivity index (χ4v) is 3.55. The number of ether oxygens (including phenoxy) is 1. The zero-order valence-electron chi connectivity index (χ0n) is 14.5. The molecule has 5 heteroatoms. The van der Waals surface area contributed by atoms with E-state index >= 15 is 0 Å². The van der Waals surface area contributed by atoms with Crippen molar-refractivity contribution in [3.8, 4) is 0 Å². The van der Waals surface area contributed by atoms with Gasteiger partial charge < -0.3 is 14.3 Å². The maximum atomic E-state index is 12.2. The second-order valence-electron chi connectivity index (χ2n) is 6.96. The molecular formula is C20H22O5. The van der Waals surface area contributed by atoms with Gasteiger partial charge in [0.15, 0.2) is 0 Å². The number of fused-ring (bicyclic) bond motifs is 3. The van der Waals surface area contributed by atoms with Gasteiger partial charge in [0.05, 0.1) is 5.92 Å². The number of esters is 1. The highest BCUT2D eigenvalue weighted by molar-refractivity contribution is 5.91. The van der Waals surface area contributed by atoms with Crippen LogP contribution in [-0.4, -0.2) is 23.1 Å². The fourth-order valence-electron chi connectivity index (χ4n) is 3.55. The predicted octanol–water partition coefficient (Wildman–Crippen LogP) is 4.02. The number of furan rings is 1. The number of allylic oxidation sites excluding steroid dienone is 1. The van der Waals surface area contributed by atoms with Gasteiger partial charge >= 0.3 is 11.9 Å². The summed E-state index contributed by atoms with van der Waals surface area (Å²) in [7, 11) is 0. The average Bonchev–Trinajstić information content (AvgIpc) is 3.05. The molecule has 0 aromatic carbocycles. The minimum Gasteiger partial charge on any atom is -0.478 e. The fraction of sp³-hybridized carbons (Fsp3) is 0.400. The zero-order chi connectivity index (χ0) is 18.3. The van der Waals surface area contributed by atoms with Crippen molar-refractivity contribution in [3.63, 3.8) is 0 Å². The molecule has 3 heterocycles. The Bertz CT molecular complexity index is 795. The van der Waals surface area contributed by atoms with Gasteiger partial charge in [-0.1, -0.05) is 24.3 Å². The van der Waals surface area contributed by atoms with Crippen LogP contribution >= 0.6 is 0 Å². The van der Waals surface area contributed by atoms with Crippen LogP contribution < -0.4 is 0 Å². The maximum absolute atomic E-state index is 12.2. The maximum Gasteiger partial charge on any atom is 0.339 e. The molecule has 0 spiro atoms. The lowest BCUT2D eigenvalue weighted by Gasteiger charge is -2.20. The number of carbonyl (C=O) groups excluding carboxylic acids is 1. The first-order chi connectivity index (χ1) is 11.8. The van der Waals surface area contributed by atoms with Gasteiger partial charge in [0.1, 0.15) is 23.2 Å². The summed E-state index contributed by atoms with van der Waals surface area (Å²) in [4.78, 5) is 23.8. The molecule has 25 heavy (non-hydrogen) atoms. The van der Waals surface area contributed by atoms with E-state index in [1.54, 1.807) is 0 Å². The second-order valence-corrected chi connectivity index (χ2v) is 6.96. The van der Waals surface area contributed by atoms with Gasteiger partial charge in [-0.2, -0.15) is 0 Å². The standard InChI is InChI=1S/C20H22O5/c1-10(2)12-5-6-13-8-16(25-20(13)23)18(11(3)4)17-9-14(19(21)22)15(7-12)24-17/h8-9,12,16,18H,1,3,5-7H2,2,4H3,(H,21,22)/t12-,16+,18+/m0/s1. The molecule has 0 amide bonds. The summed E-state index contributed by atoms with van der Waals surface area (Å²) in [5, 5.41) is 9.54. The number of carboxylic acids is 1. The molecule has 1 N–H and O–H groups in total. The van der Waals surface area contributed by atoms with Crippen LogP contribution in [0.3, 0.4) is 0 Å². The van der Waals surface area contributed by atoms with Crippen molar-refractivity contribution in [2.45, 2.75) is 45.1 Å². The van der Waals surface area contributed by atoms with Crippen molar-refractivity contribution in [2.24, 2.45) is 5.92 Å². The number of rotatable bonds is 3. The Balaban J connectivity index is 2.14. The normalized spacial score (nSPS) is 25.6. The molecule has 132 valence electrons. The lowest BCUT2D eigenvalue weighted by atomic mass is 9.87. The zero-order valence-corrected chi connectivity index (χ0v) is 14.5. The quantitative estimate of drug-likeness (QED) is 0.663. The summed E-state index contributed by atoms with van der Waals surface area (Å²) < 4.78 is 11.5.